The van der Waals surface area contributed by atoms with Crippen molar-refractivity contribution in [1.29, 1.82) is 0 Å². The van der Waals surface area contributed by atoms with Crippen molar-refractivity contribution < 1.29 is 19.2 Å². The van der Waals surface area contributed by atoms with Gasteiger partial charge in [-0.2, -0.15) is 0 Å². The Labute approximate surface area is 168 Å². The number of aryl methyl sites for hydroxylation is 1. The Bertz CT molecular complexity index is 927. The van der Waals surface area contributed by atoms with Crippen LogP contribution in [0, 0.1) is 24.0 Å². The molecule has 0 unspecified atom stereocenters. The van der Waals surface area contributed by atoms with Crippen molar-refractivity contribution in [2.45, 2.75) is 20.8 Å². The maximum atomic E-state index is 13.0. The minimum atomic E-state index is -0.430. The second kappa shape index (κ2) is 8.34. The molecule has 1 saturated heterocycles. The predicted molar refractivity (Wildman–Crippen MR) is 107 cm³/mol. The summed E-state index contributed by atoms with van der Waals surface area (Å²) in [5.74, 6) is -0.578. The Morgan fingerprint density at radius 2 is 1.76 bits per heavy atom. The molecule has 0 saturated carbocycles. The molecule has 2 aromatic rings. The van der Waals surface area contributed by atoms with Crippen LogP contribution in [0.3, 0.4) is 0 Å². The van der Waals surface area contributed by atoms with Crippen molar-refractivity contribution in [2.24, 2.45) is 0 Å². The van der Waals surface area contributed by atoms with Gasteiger partial charge in [0.1, 0.15) is 5.69 Å². The SMILES string of the molecule is CCOC(=O)c1c(C)[nH]c(C(=O)N2CCN(c3ccc([N+](=O)[O-])cc3)CC2)c1C. The van der Waals surface area contributed by atoms with Crippen molar-refractivity contribution in [3.8, 4) is 0 Å². The van der Waals surface area contributed by atoms with Gasteiger partial charge in [0.05, 0.1) is 17.1 Å². The molecule has 154 valence electrons. The fourth-order valence-corrected chi connectivity index (χ4v) is 3.58. The third-order valence-corrected chi connectivity index (χ3v) is 5.12. The van der Waals surface area contributed by atoms with E-state index >= 15 is 0 Å². The summed E-state index contributed by atoms with van der Waals surface area (Å²) in [6.07, 6.45) is 0. The molecular formula is C20H24N4O5. The Hall–Kier alpha value is -3.36. The van der Waals surface area contributed by atoms with E-state index in [2.05, 4.69) is 9.88 Å². The number of amides is 1. The van der Waals surface area contributed by atoms with E-state index in [4.69, 9.17) is 4.74 Å². The zero-order valence-electron chi connectivity index (χ0n) is 16.7. The zero-order chi connectivity index (χ0) is 21.1. The molecule has 29 heavy (non-hydrogen) atoms. The Morgan fingerprint density at radius 3 is 2.31 bits per heavy atom. The zero-order valence-corrected chi connectivity index (χ0v) is 16.7. The third-order valence-electron chi connectivity index (χ3n) is 5.12. The van der Waals surface area contributed by atoms with Crippen LogP contribution >= 0.6 is 0 Å². The lowest BCUT2D eigenvalue weighted by Gasteiger charge is -2.36. The summed E-state index contributed by atoms with van der Waals surface area (Å²) in [5, 5.41) is 10.8. The number of nitro benzene ring substituents is 1. The molecule has 1 aromatic heterocycles. The van der Waals surface area contributed by atoms with E-state index in [1.807, 2.05) is 0 Å². The quantitative estimate of drug-likeness (QED) is 0.470. The molecule has 1 aliphatic heterocycles. The number of carbonyl (C=O) groups is 2. The number of aromatic nitrogens is 1. The molecule has 0 spiro atoms. The van der Waals surface area contributed by atoms with Crippen LogP contribution in [0.15, 0.2) is 24.3 Å². The van der Waals surface area contributed by atoms with Gasteiger partial charge in [-0.05, 0) is 38.5 Å². The standard InChI is InChI=1S/C20H24N4O5/c1-4-29-20(26)17-13(2)18(21-14(17)3)19(25)23-11-9-22(10-12-23)15-5-7-16(8-6-15)24(27)28/h5-8,21H,4,9-12H2,1-3H3. The van der Waals surface area contributed by atoms with E-state index in [0.29, 0.717) is 48.7 Å². The Kier molecular flexibility index (Phi) is 5.86. The van der Waals surface area contributed by atoms with Crippen LogP contribution in [0.2, 0.25) is 0 Å². The number of piperazine rings is 1. The molecule has 3 rings (SSSR count). The van der Waals surface area contributed by atoms with Crippen LogP contribution in [-0.4, -0.2) is 59.5 Å². The monoisotopic (exact) mass is 400 g/mol. The van der Waals surface area contributed by atoms with Crippen LogP contribution < -0.4 is 4.90 Å². The minimum absolute atomic E-state index is 0.0533. The van der Waals surface area contributed by atoms with Crippen molar-refractivity contribution in [2.75, 3.05) is 37.7 Å². The summed E-state index contributed by atoms with van der Waals surface area (Å²) in [6.45, 7) is 7.78. The van der Waals surface area contributed by atoms with Crippen LogP contribution in [0.5, 0.6) is 0 Å². The van der Waals surface area contributed by atoms with Crippen molar-refractivity contribution in [1.82, 2.24) is 9.88 Å². The second-order valence-corrected chi connectivity index (χ2v) is 6.90. The predicted octanol–water partition coefficient (Wildman–Crippen LogP) is 2.68. The number of aromatic amines is 1. The number of nitrogens with one attached hydrogen (secondary N) is 1. The van der Waals surface area contributed by atoms with Gasteiger partial charge in [-0.3, -0.25) is 14.9 Å². The first kappa shape index (κ1) is 20.4. The normalized spacial score (nSPS) is 14.0. The molecule has 1 aliphatic rings. The molecule has 1 amide bonds. The number of rotatable bonds is 5. The highest BCUT2D eigenvalue weighted by Crippen LogP contribution is 2.23. The van der Waals surface area contributed by atoms with E-state index in [9.17, 15) is 19.7 Å². The van der Waals surface area contributed by atoms with E-state index in [-0.39, 0.29) is 18.2 Å². The number of non-ortho nitro benzene ring substituents is 1. The molecule has 0 aliphatic carbocycles. The number of carbonyl (C=O) groups excluding carboxylic acids is 2. The number of esters is 1. The van der Waals surface area contributed by atoms with Crippen molar-refractivity contribution in [3.05, 3.63) is 56.9 Å². The van der Waals surface area contributed by atoms with E-state index < -0.39 is 10.9 Å². The van der Waals surface area contributed by atoms with Gasteiger partial charge in [0.15, 0.2) is 0 Å². The maximum Gasteiger partial charge on any atom is 0.340 e. The smallest absolute Gasteiger partial charge is 0.340 e. The average Bonchev–Trinajstić information content (AvgIpc) is 3.02. The van der Waals surface area contributed by atoms with Crippen LogP contribution in [-0.2, 0) is 4.74 Å². The lowest BCUT2D eigenvalue weighted by atomic mass is 10.1. The van der Waals surface area contributed by atoms with Crippen LogP contribution in [0.1, 0.15) is 39.0 Å². The fourth-order valence-electron chi connectivity index (χ4n) is 3.58. The lowest BCUT2D eigenvalue weighted by molar-refractivity contribution is -0.384. The number of H-pyrrole nitrogens is 1. The van der Waals surface area contributed by atoms with Gasteiger partial charge in [-0.1, -0.05) is 0 Å². The van der Waals surface area contributed by atoms with Gasteiger partial charge < -0.3 is 19.5 Å². The highest BCUT2D eigenvalue weighted by molar-refractivity contribution is 6.00. The lowest BCUT2D eigenvalue weighted by Crippen LogP contribution is -2.49. The van der Waals surface area contributed by atoms with Gasteiger partial charge in [0, 0.05) is 49.7 Å². The second-order valence-electron chi connectivity index (χ2n) is 6.90. The van der Waals surface area contributed by atoms with E-state index in [1.165, 1.54) is 12.1 Å². The summed E-state index contributed by atoms with van der Waals surface area (Å²) in [6, 6.07) is 6.41. The topological polar surface area (TPSA) is 109 Å². The molecule has 0 radical (unpaired) electrons. The first-order chi connectivity index (χ1) is 13.8. The summed E-state index contributed by atoms with van der Waals surface area (Å²) in [5.41, 5.74) is 2.99. The molecule has 2 heterocycles. The van der Waals surface area contributed by atoms with Gasteiger partial charge in [0.2, 0.25) is 0 Å². The number of nitro groups is 1. The number of hydrogen-bond acceptors (Lipinski definition) is 6. The van der Waals surface area contributed by atoms with Crippen LogP contribution in [0.25, 0.3) is 0 Å². The van der Waals surface area contributed by atoms with Gasteiger partial charge >= 0.3 is 5.97 Å². The maximum absolute atomic E-state index is 13.0. The highest BCUT2D eigenvalue weighted by Gasteiger charge is 2.28. The van der Waals surface area contributed by atoms with E-state index in [1.54, 1.807) is 37.8 Å². The summed E-state index contributed by atoms with van der Waals surface area (Å²) in [4.78, 5) is 42.4. The molecule has 0 bridgehead atoms. The number of hydrogen-bond donors (Lipinski definition) is 1. The fraction of sp³-hybridized carbons (Fsp3) is 0.400. The summed E-state index contributed by atoms with van der Waals surface area (Å²) < 4.78 is 5.08. The van der Waals surface area contributed by atoms with Crippen LogP contribution in [0.4, 0.5) is 11.4 Å². The third kappa shape index (κ3) is 4.08. The molecule has 1 N–H and O–H groups in total. The van der Waals surface area contributed by atoms with Crippen molar-refractivity contribution in [3.63, 3.8) is 0 Å². The summed E-state index contributed by atoms with van der Waals surface area (Å²) in [7, 11) is 0. The first-order valence-corrected chi connectivity index (χ1v) is 9.48. The Morgan fingerprint density at radius 1 is 1.14 bits per heavy atom. The minimum Gasteiger partial charge on any atom is -0.462 e. The molecule has 1 fully saturated rings. The number of ether oxygens (including phenoxy) is 1. The van der Waals surface area contributed by atoms with Gasteiger partial charge in [0.25, 0.3) is 11.6 Å². The van der Waals surface area contributed by atoms with Gasteiger partial charge in [-0.15, -0.1) is 0 Å². The first-order valence-electron chi connectivity index (χ1n) is 9.48. The largest absolute Gasteiger partial charge is 0.462 e. The molecule has 9 heteroatoms. The summed E-state index contributed by atoms with van der Waals surface area (Å²) >= 11 is 0. The number of nitrogens with zero attached hydrogens (tertiary/aromatic N) is 3. The van der Waals surface area contributed by atoms with E-state index in [0.717, 1.165) is 5.69 Å². The number of anilines is 1. The molecular weight excluding hydrogens is 376 g/mol. The Balaban J connectivity index is 1.68. The highest BCUT2D eigenvalue weighted by atomic mass is 16.6. The van der Waals surface area contributed by atoms with Crippen molar-refractivity contribution >= 4 is 23.3 Å². The number of benzene rings is 1. The van der Waals surface area contributed by atoms with Gasteiger partial charge in [-0.25, -0.2) is 4.79 Å². The molecule has 0 atom stereocenters. The molecule has 1 aromatic carbocycles. The molecule has 9 nitrogen and oxygen atoms in total. The average molecular weight is 400 g/mol.